The standard InChI is InChI=1S/C57H43N3.CH4/c1-58-42-20-22-45(23-21-42)60(46-24-27-52-50(35-46)47-14-8-9-15-51(47)57(52)40-31-36-30-37(33-40)34-41(57)32-36)54-29-19-39-16-25-48-53(28-18-38-17-26-49(54)56(39)55(38)48)59(43-10-4-2-5-11-43)44-12-6-3-7-13-44;/h2-29,35-37,40-41H,30-34H2;1H4. The topological polar surface area (TPSA) is 10.8 Å². The number of benzene rings is 9. The van der Waals surface area contributed by atoms with E-state index in [1.807, 2.05) is 12.1 Å². The van der Waals surface area contributed by atoms with Crippen LogP contribution < -0.4 is 9.80 Å². The van der Waals surface area contributed by atoms with Crippen molar-refractivity contribution in [3.63, 3.8) is 0 Å². The van der Waals surface area contributed by atoms with E-state index in [0.29, 0.717) is 5.69 Å². The molecule has 294 valence electrons. The molecule has 9 aromatic carbocycles. The molecule has 1 spiro atoms. The molecule has 0 aliphatic heterocycles. The monoisotopic (exact) mass is 785 g/mol. The maximum Gasteiger partial charge on any atom is 0.187 e. The molecule has 4 fully saturated rings. The van der Waals surface area contributed by atoms with Gasteiger partial charge in [-0.2, -0.15) is 0 Å². The van der Waals surface area contributed by atoms with Gasteiger partial charge in [-0.05, 0) is 160 Å². The highest BCUT2D eigenvalue weighted by Gasteiger charge is 2.61. The summed E-state index contributed by atoms with van der Waals surface area (Å²) in [5, 5.41) is 7.43. The highest BCUT2D eigenvalue weighted by Crippen LogP contribution is 2.69. The van der Waals surface area contributed by atoms with Crippen molar-refractivity contribution in [3.05, 3.63) is 198 Å². The molecule has 0 N–H and O–H groups in total. The van der Waals surface area contributed by atoms with Gasteiger partial charge in [-0.25, -0.2) is 4.85 Å². The van der Waals surface area contributed by atoms with E-state index in [-0.39, 0.29) is 12.8 Å². The van der Waals surface area contributed by atoms with Gasteiger partial charge < -0.3 is 9.80 Å². The highest BCUT2D eigenvalue weighted by molar-refractivity contribution is 6.28. The zero-order valence-corrected chi connectivity index (χ0v) is 33.4. The fourth-order valence-corrected chi connectivity index (χ4v) is 13.1. The number of para-hydroxylation sites is 2. The van der Waals surface area contributed by atoms with E-state index in [2.05, 4.69) is 178 Å². The molecule has 14 rings (SSSR count). The molecule has 9 aromatic rings. The van der Waals surface area contributed by atoms with Crippen LogP contribution in [0.1, 0.15) is 50.7 Å². The fourth-order valence-electron chi connectivity index (χ4n) is 13.1. The lowest BCUT2D eigenvalue weighted by molar-refractivity contribution is -0.0399. The Morgan fingerprint density at radius 2 is 0.918 bits per heavy atom. The summed E-state index contributed by atoms with van der Waals surface area (Å²) >= 11 is 0. The van der Waals surface area contributed by atoms with Gasteiger partial charge in [0, 0.05) is 38.9 Å². The van der Waals surface area contributed by atoms with Crippen molar-refractivity contribution < 1.29 is 0 Å². The summed E-state index contributed by atoms with van der Waals surface area (Å²) in [6.45, 7) is 7.76. The summed E-state index contributed by atoms with van der Waals surface area (Å²) < 4.78 is 0. The van der Waals surface area contributed by atoms with Crippen LogP contribution in [-0.2, 0) is 5.41 Å². The third-order valence-electron chi connectivity index (χ3n) is 15.2. The second-order valence-electron chi connectivity index (χ2n) is 18.0. The van der Waals surface area contributed by atoms with E-state index in [9.17, 15) is 0 Å². The number of rotatable bonds is 6. The predicted octanol–water partition coefficient (Wildman–Crippen LogP) is 16.4. The Morgan fingerprint density at radius 3 is 1.49 bits per heavy atom. The van der Waals surface area contributed by atoms with Crippen LogP contribution in [-0.4, -0.2) is 0 Å². The summed E-state index contributed by atoms with van der Waals surface area (Å²) in [5.41, 5.74) is 13.5. The van der Waals surface area contributed by atoms with E-state index < -0.39 is 0 Å². The Morgan fingerprint density at radius 1 is 0.443 bits per heavy atom. The van der Waals surface area contributed by atoms with E-state index >= 15 is 0 Å². The van der Waals surface area contributed by atoms with E-state index in [1.165, 1.54) is 75.5 Å². The van der Waals surface area contributed by atoms with Crippen molar-refractivity contribution in [2.24, 2.45) is 23.7 Å². The lowest BCUT2D eigenvalue weighted by Crippen LogP contribution is -2.55. The SMILES string of the molecule is C.[C-]#[N+]c1ccc(N(c2ccc3c(c2)-c2ccccc2C32C3CC4CC(C3)CC2C4)c2ccc3ccc4c(N(c5ccccc5)c5ccccc5)ccc5ccc2c3c54)cc1. The van der Waals surface area contributed by atoms with Crippen molar-refractivity contribution in [1.82, 2.24) is 0 Å². The Balaban J connectivity index is 0.00000399. The van der Waals surface area contributed by atoms with Crippen molar-refractivity contribution >= 4 is 72.1 Å². The maximum atomic E-state index is 7.76. The summed E-state index contributed by atoms with van der Waals surface area (Å²) in [6.07, 6.45) is 6.96. The number of hydrogen-bond acceptors (Lipinski definition) is 2. The third-order valence-corrected chi connectivity index (χ3v) is 15.2. The Hall–Kier alpha value is -6.89. The molecule has 0 radical (unpaired) electrons. The first kappa shape index (κ1) is 36.0. The average Bonchev–Trinajstić information content (AvgIpc) is 3.59. The molecule has 0 aromatic heterocycles. The van der Waals surface area contributed by atoms with Crippen molar-refractivity contribution in [3.8, 4) is 11.1 Å². The summed E-state index contributed by atoms with van der Waals surface area (Å²) in [7, 11) is 0. The van der Waals surface area contributed by atoms with Crippen LogP contribution in [0.15, 0.2) is 176 Å². The van der Waals surface area contributed by atoms with Crippen molar-refractivity contribution in [2.45, 2.75) is 44.9 Å². The molecule has 0 heterocycles. The van der Waals surface area contributed by atoms with Crippen molar-refractivity contribution in [2.75, 3.05) is 9.80 Å². The quantitative estimate of drug-likeness (QED) is 0.123. The smallest absolute Gasteiger partial charge is 0.187 e. The third kappa shape index (κ3) is 5.09. The first-order valence-electron chi connectivity index (χ1n) is 21.8. The van der Waals surface area contributed by atoms with Gasteiger partial charge in [-0.1, -0.05) is 123 Å². The molecule has 4 saturated carbocycles. The molecule has 0 unspecified atom stereocenters. The van der Waals surface area contributed by atoms with E-state index in [4.69, 9.17) is 6.57 Å². The van der Waals surface area contributed by atoms with Gasteiger partial charge in [-0.15, -0.1) is 0 Å². The number of nitrogens with zero attached hydrogens (tertiary/aromatic N) is 3. The minimum Gasteiger partial charge on any atom is -0.310 e. The van der Waals surface area contributed by atoms with Gasteiger partial charge in [0.1, 0.15) is 0 Å². The summed E-state index contributed by atoms with van der Waals surface area (Å²) in [5.74, 6) is 3.27. The summed E-state index contributed by atoms with van der Waals surface area (Å²) in [6, 6.07) is 64.9. The molecule has 5 aliphatic carbocycles. The zero-order chi connectivity index (χ0) is 39.5. The second-order valence-corrected chi connectivity index (χ2v) is 18.0. The Kier molecular flexibility index (Phi) is 8.01. The molecular weight excluding hydrogens is 739 g/mol. The average molecular weight is 786 g/mol. The zero-order valence-electron chi connectivity index (χ0n) is 33.4. The van der Waals surface area contributed by atoms with Crippen molar-refractivity contribution in [1.29, 1.82) is 0 Å². The molecule has 3 heteroatoms. The van der Waals surface area contributed by atoms with Gasteiger partial charge in [0.15, 0.2) is 5.69 Å². The van der Waals surface area contributed by atoms with Crippen LogP contribution >= 0.6 is 0 Å². The largest absolute Gasteiger partial charge is 0.310 e. The lowest BCUT2D eigenvalue weighted by Gasteiger charge is -2.61. The molecule has 0 atom stereocenters. The van der Waals surface area contributed by atoms with Gasteiger partial charge in [0.05, 0.1) is 17.9 Å². The van der Waals surface area contributed by atoms with E-state index in [0.717, 1.165) is 57.8 Å². The van der Waals surface area contributed by atoms with Gasteiger partial charge in [0.25, 0.3) is 0 Å². The fraction of sp³-hybridized carbons (Fsp3) is 0.190. The predicted molar refractivity (Wildman–Crippen MR) is 256 cm³/mol. The molecule has 5 aliphatic rings. The molecule has 0 amide bonds. The number of hydrogen-bond donors (Lipinski definition) is 0. The second kappa shape index (κ2) is 13.6. The lowest BCUT2D eigenvalue weighted by atomic mass is 9.43. The Labute approximate surface area is 358 Å². The van der Waals surface area contributed by atoms with Crippen LogP contribution in [0, 0.1) is 30.2 Å². The first-order chi connectivity index (χ1) is 29.7. The molecule has 0 saturated heterocycles. The number of anilines is 6. The van der Waals surface area contributed by atoms with Crippen LogP contribution in [0.3, 0.4) is 0 Å². The molecular formula is C58H47N3. The van der Waals surface area contributed by atoms with Crippen LogP contribution in [0.5, 0.6) is 0 Å². The Bertz CT molecular complexity index is 3110. The highest BCUT2D eigenvalue weighted by atomic mass is 15.1. The molecule has 61 heavy (non-hydrogen) atoms. The van der Waals surface area contributed by atoms with Gasteiger partial charge in [-0.3, -0.25) is 0 Å². The molecule has 4 bridgehead atoms. The van der Waals surface area contributed by atoms with Crippen LogP contribution in [0.2, 0.25) is 0 Å². The first-order valence-corrected chi connectivity index (χ1v) is 21.8. The van der Waals surface area contributed by atoms with Gasteiger partial charge >= 0.3 is 0 Å². The number of fused-ring (bicyclic) bond motifs is 3. The van der Waals surface area contributed by atoms with Crippen LogP contribution in [0.4, 0.5) is 39.8 Å². The van der Waals surface area contributed by atoms with Gasteiger partial charge in [0.2, 0.25) is 0 Å². The normalized spacial score (nSPS) is 21.7. The molecule has 3 nitrogen and oxygen atoms in total. The van der Waals surface area contributed by atoms with Crippen LogP contribution in [0.25, 0.3) is 48.3 Å². The summed E-state index contributed by atoms with van der Waals surface area (Å²) in [4.78, 5) is 8.61. The van der Waals surface area contributed by atoms with E-state index in [1.54, 1.807) is 11.1 Å². The minimum absolute atomic E-state index is 0. The maximum absolute atomic E-state index is 7.76. The minimum atomic E-state index is 0.